The summed E-state index contributed by atoms with van der Waals surface area (Å²) in [6.45, 7) is 12.8. The number of benzene rings is 5. The van der Waals surface area contributed by atoms with Crippen LogP contribution in [0, 0.1) is 17.8 Å². The van der Waals surface area contributed by atoms with Crippen molar-refractivity contribution >= 4 is 40.9 Å². The summed E-state index contributed by atoms with van der Waals surface area (Å²) in [4.78, 5) is 51.9. The van der Waals surface area contributed by atoms with E-state index in [-0.39, 0.29) is 36.5 Å². The minimum Gasteiger partial charge on any atom is -0.465 e. The number of rotatable bonds is 21. The van der Waals surface area contributed by atoms with Crippen molar-refractivity contribution in [2.75, 3.05) is 44.5 Å². The van der Waals surface area contributed by atoms with Crippen LogP contribution in [0.5, 0.6) is 0 Å². The molecule has 346 valence electrons. The van der Waals surface area contributed by atoms with Crippen LogP contribution in [-0.4, -0.2) is 63.5 Å². The van der Waals surface area contributed by atoms with Crippen LogP contribution >= 0.6 is 0 Å². The normalized spacial score (nSPS) is 15.5. The molecule has 0 bridgehead atoms. The molecule has 5 aromatic rings. The summed E-state index contributed by atoms with van der Waals surface area (Å²) in [6, 6.07) is 41.2. The van der Waals surface area contributed by atoms with Gasteiger partial charge in [0.2, 0.25) is 0 Å². The van der Waals surface area contributed by atoms with E-state index < -0.39 is 36.1 Å². The van der Waals surface area contributed by atoms with E-state index in [2.05, 4.69) is 98.5 Å². The van der Waals surface area contributed by atoms with Crippen LogP contribution in [-0.2, 0) is 47.6 Å². The van der Waals surface area contributed by atoms with E-state index in [1.807, 2.05) is 62.4 Å². The zero-order valence-corrected chi connectivity index (χ0v) is 38.7. The molecule has 2 atom stereocenters. The largest absolute Gasteiger partial charge is 0.465 e. The lowest BCUT2D eigenvalue weighted by molar-refractivity contribution is -0.172. The Hall–Kier alpha value is -6.30. The first-order valence-corrected chi connectivity index (χ1v) is 23.0. The molecule has 0 spiro atoms. The van der Waals surface area contributed by atoms with Crippen LogP contribution in [0.25, 0.3) is 22.3 Å². The highest BCUT2D eigenvalue weighted by molar-refractivity contribution is 5.81. The number of nitrogens with zero attached hydrogens (tertiary/aromatic N) is 1. The molecule has 0 N–H and O–H groups in total. The van der Waals surface area contributed by atoms with Crippen molar-refractivity contribution in [1.29, 1.82) is 0 Å². The second-order valence-corrected chi connectivity index (χ2v) is 17.8. The van der Waals surface area contributed by atoms with Gasteiger partial charge >= 0.3 is 23.9 Å². The number of aryl methyl sites for hydroxylation is 1. The first-order valence-electron chi connectivity index (χ1n) is 23.0. The number of ether oxygens (including phenoxy) is 6. The van der Waals surface area contributed by atoms with Gasteiger partial charge in [-0.05, 0) is 103 Å². The Labute approximate surface area is 388 Å². The van der Waals surface area contributed by atoms with Crippen LogP contribution in [0.4, 0.5) is 17.1 Å². The fourth-order valence-corrected chi connectivity index (χ4v) is 7.87. The number of carbonyl (C=O) groups excluding carboxylic acids is 4. The molecule has 11 heteroatoms. The maximum Gasteiger partial charge on any atom is 0.306 e. The Bertz CT molecular complexity index is 2240. The van der Waals surface area contributed by atoms with Crippen molar-refractivity contribution in [2.24, 2.45) is 10.8 Å². The van der Waals surface area contributed by atoms with Gasteiger partial charge in [0.15, 0.2) is 0 Å². The number of hydrogen-bond acceptors (Lipinski definition) is 11. The molecule has 2 saturated heterocycles. The molecule has 5 aromatic carbocycles. The van der Waals surface area contributed by atoms with E-state index in [0.29, 0.717) is 39.6 Å². The fraction of sp³-hybridized carbons (Fsp3) is 0.382. The summed E-state index contributed by atoms with van der Waals surface area (Å²) in [6.07, 6.45) is 0.679. The summed E-state index contributed by atoms with van der Waals surface area (Å²) in [5.41, 5.74) is 9.84. The number of anilines is 3. The molecule has 11 nitrogen and oxygen atoms in total. The molecule has 0 saturated carbocycles. The molecular formula is C55H61NO10. The summed E-state index contributed by atoms with van der Waals surface area (Å²) < 4.78 is 32.7. The highest BCUT2D eigenvalue weighted by atomic mass is 16.6. The molecule has 7 rings (SSSR count). The molecule has 66 heavy (non-hydrogen) atoms. The average molecular weight is 896 g/mol. The topological polar surface area (TPSA) is 127 Å². The third-order valence-electron chi connectivity index (χ3n) is 12.9. The number of carbonyl (C=O) groups is 4. The maximum atomic E-state index is 12.6. The van der Waals surface area contributed by atoms with Gasteiger partial charge in [0.05, 0.1) is 62.9 Å². The summed E-state index contributed by atoms with van der Waals surface area (Å²) in [7, 11) is 0. The van der Waals surface area contributed by atoms with Gasteiger partial charge in [-0.2, -0.15) is 0 Å². The molecular weight excluding hydrogens is 835 g/mol. The SMILES string of the molecule is CCC1(COC(=O)CCC(=O)OC(C)c2ccc(-c3ccc(N(c4ccc(C)cc4)c4ccc(-c5ccc(C(C)OC(=O)CCC(=O)OCC6(CC)COC6)cc5)cc4)cc3)cc2)COC1. The van der Waals surface area contributed by atoms with E-state index in [4.69, 9.17) is 28.4 Å². The Morgan fingerprint density at radius 2 is 0.788 bits per heavy atom. The van der Waals surface area contributed by atoms with Gasteiger partial charge in [0.25, 0.3) is 0 Å². The second-order valence-electron chi connectivity index (χ2n) is 17.8. The van der Waals surface area contributed by atoms with Crippen molar-refractivity contribution in [1.82, 2.24) is 0 Å². The zero-order chi connectivity index (χ0) is 46.7. The number of hydrogen-bond donors (Lipinski definition) is 0. The van der Waals surface area contributed by atoms with Crippen LogP contribution in [0.1, 0.15) is 95.1 Å². The van der Waals surface area contributed by atoms with Gasteiger partial charge in [-0.25, -0.2) is 0 Å². The predicted molar refractivity (Wildman–Crippen MR) is 253 cm³/mol. The van der Waals surface area contributed by atoms with Crippen molar-refractivity contribution in [3.63, 3.8) is 0 Å². The van der Waals surface area contributed by atoms with Crippen LogP contribution < -0.4 is 4.90 Å². The first-order chi connectivity index (χ1) is 31.9. The van der Waals surface area contributed by atoms with Gasteiger partial charge in [0, 0.05) is 17.1 Å². The minimum atomic E-state index is -0.475. The molecule has 2 aliphatic rings. The van der Waals surface area contributed by atoms with Gasteiger partial charge in [-0.3, -0.25) is 19.2 Å². The predicted octanol–water partition coefficient (Wildman–Crippen LogP) is 11.5. The van der Waals surface area contributed by atoms with Crippen molar-refractivity contribution in [2.45, 2.75) is 85.4 Å². The van der Waals surface area contributed by atoms with Gasteiger partial charge in [-0.1, -0.05) is 104 Å². The van der Waals surface area contributed by atoms with Crippen LogP contribution in [0.3, 0.4) is 0 Å². The second kappa shape index (κ2) is 21.8. The molecule has 0 aliphatic carbocycles. The standard InChI is InChI=1S/C55H61NO10/c1-6-54(32-61-33-54)36-63-50(57)28-30-52(59)65-39(4)41-10-14-43(15-11-41)45-18-24-48(25-19-45)56(47-22-8-38(3)9-23-47)49-26-20-46(21-27-49)44-16-12-42(13-17-44)40(5)66-53(60)31-29-51(58)64-37-55(7-2)34-62-35-55/h8-27,39-40H,6-7,28-37H2,1-5H3. The van der Waals surface area contributed by atoms with Crippen molar-refractivity contribution in [3.05, 3.63) is 138 Å². The van der Waals surface area contributed by atoms with Crippen molar-refractivity contribution < 1.29 is 47.6 Å². The summed E-state index contributed by atoms with van der Waals surface area (Å²) >= 11 is 0. The highest BCUT2D eigenvalue weighted by Gasteiger charge is 2.39. The van der Waals surface area contributed by atoms with Crippen molar-refractivity contribution in [3.8, 4) is 22.3 Å². The maximum absolute atomic E-state index is 12.6. The Kier molecular flexibility index (Phi) is 15.7. The van der Waals surface area contributed by atoms with E-state index >= 15 is 0 Å². The third-order valence-corrected chi connectivity index (χ3v) is 12.9. The molecule has 0 radical (unpaired) electrons. The lowest BCUT2D eigenvalue weighted by atomic mass is 9.84. The van der Waals surface area contributed by atoms with Crippen LogP contribution in [0.15, 0.2) is 121 Å². The molecule has 2 aliphatic heterocycles. The zero-order valence-electron chi connectivity index (χ0n) is 38.7. The monoisotopic (exact) mass is 895 g/mol. The molecule has 2 unspecified atom stereocenters. The van der Waals surface area contributed by atoms with Gasteiger partial charge in [0.1, 0.15) is 25.4 Å². The minimum absolute atomic E-state index is 0.0214. The van der Waals surface area contributed by atoms with E-state index in [0.717, 1.165) is 63.3 Å². The quantitative estimate of drug-likeness (QED) is 0.0516. The lowest BCUT2D eigenvalue weighted by Crippen LogP contribution is -2.46. The lowest BCUT2D eigenvalue weighted by Gasteiger charge is -2.39. The smallest absolute Gasteiger partial charge is 0.306 e. The Morgan fingerprint density at radius 1 is 0.485 bits per heavy atom. The van der Waals surface area contributed by atoms with E-state index in [1.54, 1.807) is 0 Å². The number of esters is 4. The molecule has 2 fully saturated rings. The average Bonchev–Trinajstić information content (AvgIpc) is 3.31. The summed E-state index contributed by atoms with van der Waals surface area (Å²) in [5.74, 6) is -1.70. The van der Waals surface area contributed by atoms with E-state index in [9.17, 15) is 19.2 Å². The van der Waals surface area contributed by atoms with Crippen LogP contribution in [0.2, 0.25) is 0 Å². The van der Waals surface area contributed by atoms with Gasteiger partial charge < -0.3 is 33.3 Å². The fourth-order valence-electron chi connectivity index (χ4n) is 7.87. The molecule has 0 aromatic heterocycles. The molecule has 0 amide bonds. The first kappa shape index (κ1) is 47.7. The highest BCUT2D eigenvalue weighted by Crippen LogP contribution is 2.38. The Balaban J connectivity index is 0.932. The molecule has 2 heterocycles. The van der Waals surface area contributed by atoms with E-state index in [1.165, 1.54) is 5.56 Å². The summed E-state index contributed by atoms with van der Waals surface area (Å²) in [5, 5.41) is 0. The van der Waals surface area contributed by atoms with Gasteiger partial charge in [-0.15, -0.1) is 0 Å². The Morgan fingerprint density at radius 3 is 1.09 bits per heavy atom. The third kappa shape index (κ3) is 12.1.